The molecule has 176 valence electrons. The highest BCUT2D eigenvalue weighted by Crippen LogP contribution is 2.28. The number of nitrogens with zero attached hydrogens (tertiary/aromatic N) is 5. The lowest BCUT2D eigenvalue weighted by Crippen LogP contribution is -2.07. The predicted molar refractivity (Wildman–Crippen MR) is 132 cm³/mol. The van der Waals surface area contributed by atoms with Crippen molar-refractivity contribution < 1.29 is 14.8 Å². The number of para-hydroxylation sites is 2. The van der Waals surface area contributed by atoms with E-state index < -0.39 is 16.4 Å². The second kappa shape index (κ2) is 10.6. The maximum Gasteiger partial charge on any atom is 0.311 e. The Labute approximate surface area is 199 Å². The van der Waals surface area contributed by atoms with Gasteiger partial charge in [0.1, 0.15) is 5.75 Å². The zero-order chi connectivity index (χ0) is 24.6. The van der Waals surface area contributed by atoms with Crippen LogP contribution in [0.4, 0.5) is 34.9 Å². The summed E-state index contributed by atoms with van der Waals surface area (Å²) in [4.78, 5) is 23.4. The summed E-state index contributed by atoms with van der Waals surface area (Å²) in [7, 11) is 1.59. The van der Waals surface area contributed by atoms with Crippen molar-refractivity contribution in [2.75, 3.05) is 23.2 Å². The molecule has 12 heteroatoms. The van der Waals surface area contributed by atoms with E-state index in [0.29, 0.717) is 5.75 Å². The highest BCUT2D eigenvalue weighted by molar-refractivity contribution is 5.86. The normalized spacial score (nSPS) is 10.7. The molecule has 0 amide bonds. The molecule has 4 rings (SSSR count). The molecule has 12 nitrogen and oxygen atoms in total. The molecule has 0 atom stereocenters. The van der Waals surface area contributed by atoms with Gasteiger partial charge in [-0.1, -0.05) is 24.3 Å². The Kier molecular flexibility index (Phi) is 6.92. The molecule has 4 aromatic rings. The molecule has 1 aromatic heterocycles. The lowest BCUT2D eigenvalue weighted by Gasteiger charge is -2.10. The minimum absolute atomic E-state index is 0.0932. The van der Waals surface area contributed by atoms with E-state index in [0.717, 1.165) is 11.4 Å². The van der Waals surface area contributed by atoms with Crippen LogP contribution < -0.4 is 20.8 Å². The topological polar surface area (TPSA) is 160 Å². The van der Waals surface area contributed by atoms with Gasteiger partial charge in [0.15, 0.2) is 0 Å². The molecule has 0 radical (unpaired) electrons. The molecular weight excluding hydrogens is 452 g/mol. The van der Waals surface area contributed by atoms with E-state index in [4.69, 9.17) is 4.74 Å². The zero-order valence-corrected chi connectivity index (χ0v) is 18.4. The molecular formula is C23H20N8O4. The number of ether oxygens (including phenoxy) is 1. The number of nitro groups is 1. The first-order valence-electron chi connectivity index (χ1n) is 10.3. The third-order valence-corrected chi connectivity index (χ3v) is 4.62. The molecule has 0 saturated carbocycles. The van der Waals surface area contributed by atoms with Crippen LogP contribution in [0, 0.1) is 10.1 Å². The maximum atomic E-state index is 11.0. The first kappa shape index (κ1) is 22.9. The van der Waals surface area contributed by atoms with Crippen molar-refractivity contribution in [1.29, 1.82) is 0 Å². The average Bonchev–Trinajstić information content (AvgIpc) is 2.86. The van der Waals surface area contributed by atoms with Crippen molar-refractivity contribution in [3.05, 3.63) is 88.5 Å². The van der Waals surface area contributed by atoms with E-state index >= 15 is 0 Å². The zero-order valence-electron chi connectivity index (χ0n) is 18.4. The minimum atomic E-state index is -0.676. The van der Waals surface area contributed by atoms with Gasteiger partial charge in [0.05, 0.1) is 18.2 Å². The summed E-state index contributed by atoms with van der Waals surface area (Å²) in [5, 5.41) is 31.3. The highest BCUT2D eigenvalue weighted by Gasteiger charge is 2.15. The van der Waals surface area contributed by atoms with Crippen LogP contribution in [0.3, 0.4) is 0 Å². The first-order valence-corrected chi connectivity index (χ1v) is 10.3. The number of aromatic nitrogens is 3. The number of hydrogen-bond donors (Lipinski definition) is 4. The summed E-state index contributed by atoms with van der Waals surface area (Å²) in [5.74, 6) is 0.791. The van der Waals surface area contributed by atoms with Crippen molar-refractivity contribution in [2.45, 2.75) is 0 Å². The van der Waals surface area contributed by atoms with E-state index in [-0.39, 0.29) is 23.4 Å². The van der Waals surface area contributed by atoms with Gasteiger partial charge in [-0.2, -0.15) is 20.1 Å². The van der Waals surface area contributed by atoms with Gasteiger partial charge >= 0.3 is 5.69 Å². The number of nitrogens with one attached hydrogen (secondary N) is 3. The van der Waals surface area contributed by atoms with Crippen LogP contribution in [0.25, 0.3) is 0 Å². The Hall–Kier alpha value is -5.26. The second-order valence-electron chi connectivity index (χ2n) is 6.99. The SMILES string of the molecule is COc1ccc(Nc2nc(N/N=C\c3cccc([N+](=O)[O-])c3O)nc(Nc3ccccc3)n2)cc1. The molecule has 0 bridgehead atoms. The summed E-state index contributed by atoms with van der Waals surface area (Å²) in [6.07, 6.45) is 1.23. The number of hydrazone groups is 1. The van der Waals surface area contributed by atoms with E-state index in [2.05, 4.69) is 36.1 Å². The van der Waals surface area contributed by atoms with Crippen LogP contribution in [0.1, 0.15) is 5.56 Å². The molecule has 4 N–H and O–H groups in total. The first-order chi connectivity index (χ1) is 17.0. The van der Waals surface area contributed by atoms with Crippen molar-refractivity contribution in [3.63, 3.8) is 0 Å². The number of phenols is 1. The van der Waals surface area contributed by atoms with E-state index in [1.165, 1.54) is 24.4 Å². The highest BCUT2D eigenvalue weighted by atomic mass is 16.6. The summed E-state index contributed by atoms with van der Waals surface area (Å²) in [5.41, 5.74) is 3.89. The lowest BCUT2D eigenvalue weighted by atomic mass is 10.2. The van der Waals surface area contributed by atoms with E-state index in [9.17, 15) is 15.2 Å². The number of phenolic OH excluding ortho intramolecular Hbond substituents is 1. The molecule has 0 saturated heterocycles. The van der Waals surface area contributed by atoms with Crippen molar-refractivity contribution >= 4 is 41.1 Å². The fourth-order valence-electron chi connectivity index (χ4n) is 2.95. The van der Waals surface area contributed by atoms with Gasteiger partial charge in [-0.3, -0.25) is 10.1 Å². The molecule has 0 fully saturated rings. The molecule has 1 heterocycles. The third-order valence-electron chi connectivity index (χ3n) is 4.62. The number of anilines is 5. The predicted octanol–water partition coefficient (Wildman–Crippen LogP) is 4.43. The van der Waals surface area contributed by atoms with Crippen LogP contribution in [-0.4, -0.2) is 38.3 Å². The average molecular weight is 472 g/mol. The largest absolute Gasteiger partial charge is 0.502 e. The Morgan fingerprint density at radius 3 is 2.14 bits per heavy atom. The Bertz CT molecular complexity index is 1350. The van der Waals surface area contributed by atoms with Gasteiger partial charge in [-0.25, -0.2) is 5.43 Å². The summed E-state index contributed by atoms with van der Waals surface area (Å²) in [6, 6.07) is 20.7. The molecule has 0 aliphatic rings. The number of rotatable bonds is 9. The number of benzene rings is 3. The second-order valence-corrected chi connectivity index (χ2v) is 6.99. The smallest absolute Gasteiger partial charge is 0.311 e. The van der Waals surface area contributed by atoms with Gasteiger partial charge in [-0.15, -0.1) is 0 Å². The molecule has 0 spiro atoms. The summed E-state index contributed by atoms with van der Waals surface area (Å²) < 4.78 is 5.17. The summed E-state index contributed by atoms with van der Waals surface area (Å²) >= 11 is 0. The standard InChI is InChI=1S/C23H20N8O4/c1-35-18-12-10-17(11-13-18)26-22-27-21(25-16-7-3-2-4-8-16)28-23(29-22)30-24-14-15-6-5-9-19(20(15)32)31(33)34/h2-14,32H,1H3,(H3,25,26,27,28,29,30)/b24-14-. The molecule has 0 unspecified atom stereocenters. The fraction of sp³-hybridized carbons (Fsp3) is 0.0435. The molecule has 3 aromatic carbocycles. The lowest BCUT2D eigenvalue weighted by molar-refractivity contribution is -0.385. The maximum absolute atomic E-state index is 11.0. The van der Waals surface area contributed by atoms with Crippen molar-refractivity contribution in [1.82, 2.24) is 15.0 Å². The van der Waals surface area contributed by atoms with Gasteiger partial charge in [0, 0.05) is 23.0 Å². The quantitative estimate of drug-likeness (QED) is 0.156. The van der Waals surface area contributed by atoms with E-state index in [1.807, 2.05) is 42.5 Å². The van der Waals surface area contributed by atoms with Gasteiger partial charge < -0.3 is 20.5 Å². The van der Waals surface area contributed by atoms with Crippen molar-refractivity contribution in [2.24, 2.45) is 5.10 Å². The Morgan fingerprint density at radius 1 is 0.886 bits per heavy atom. The van der Waals surface area contributed by atoms with Gasteiger partial charge in [-0.05, 0) is 42.5 Å². The van der Waals surface area contributed by atoms with Gasteiger partial charge in [0.2, 0.25) is 23.6 Å². The van der Waals surface area contributed by atoms with Crippen LogP contribution in [0.5, 0.6) is 11.5 Å². The number of hydrogen-bond acceptors (Lipinski definition) is 11. The number of nitro benzene ring substituents is 1. The van der Waals surface area contributed by atoms with Crippen LogP contribution in [0.2, 0.25) is 0 Å². The molecule has 0 aliphatic heterocycles. The number of methoxy groups -OCH3 is 1. The third kappa shape index (κ3) is 5.96. The Balaban J connectivity index is 1.59. The molecule has 35 heavy (non-hydrogen) atoms. The minimum Gasteiger partial charge on any atom is -0.502 e. The number of aromatic hydroxyl groups is 1. The summed E-state index contributed by atoms with van der Waals surface area (Å²) in [6.45, 7) is 0. The van der Waals surface area contributed by atoms with Crippen LogP contribution >= 0.6 is 0 Å². The fourth-order valence-corrected chi connectivity index (χ4v) is 2.95. The van der Waals surface area contributed by atoms with Crippen LogP contribution in [-0.2, 0) is 0 Å². The molecule has 0 aliphatic carbocycles. The Morgan fingerprint density at radius 2 is 1.51 bits per heavy atom. The van der Waals surface area contributed by atoms with Crippen LogP contribution in [0.15, 0.2) is 77.9 Å². The van der Waals surface area contributed by atoms with E-state index in [1.54, 1.807) is 19.2 Å². The van der Waals surface area contributed by atoms with Gasteiger partial charge in [0.25, 0.3) is 0 Å². The van der Waals surface area contributed by atoms with Crippen molar-refractivity contribution in [3.8, 4) is 11.5 Å². The monoisotopic (exact) mass is 472 g/mol.